The SMILES string of the molecule is Cc1cc(Br)cnc1NCCC1CCOCC1. The highest BCUT2D eigenvalue weighted by atomic mass is 79.9. The molecule has 0 spiro atoms. The average molecular weight is 299 g/mol. The molecule has 2 heterocycles. The van der Waals surface area contributed by atoms with Crippen LogP contribution in [0.1, 0.15) is 24.8 Å². The number of halogens is 1. The summed E-state index contributed by atoms with van der Waals surface area (Å²) in [5.41, 5.74) is 1.19. The number of hydrogen-bond donors (Lipinski definition) is 1. The second-order valence-corrected chi connectivity index (χ2v) is 5.51. The summed E-state index contributed by atoms with van der Waals surface area (Å²) in [6.45, 7) is 4.94. The van der Waals surface area contributed by atoms with Crippen molar-refractivity contribution >= 4 is 21.7 Å². The van der Waals surface area contributed by atoms with Gasteiger partial charge >= 0.3 is 0 Å². The van der Waals surface area contributed by atoms with E-state index in [9.17, 15) is 0 Å². The fraction of sp³-hybridized carbons (Fsp3) is 0.615. The standard InChI is InChI=1S/C13H19BrN2O/c1-10-8-12(14)9-16-13(10)15-5-2-11-3-6-17-7-4-11/h8-9,11H,2-7H2,1H3,(H,15,16). The maximum absolute atomic E-state index is 5.36. The highest BCUT2D eigenvalue weighted by molar-refractivity contribution is 9.10. The van der Waals surface area contributed by atoms with E-state index in [1.807, 2.05) is 6.20 Å². The number of rotatable bonds is 4. The summed E-state index contributed by atoms with van der Waals surface area (Å²) in [5, 5.41) is 3.41. The predicted octanol–water partition coefficient (Wildman–Crippen LogP) is 3.38. The molecule has 2 rings (SSSR count). The highest BCUT2D eigenvalue weighted by Gasteiger charge is 2.13. The molecule has 1 N–H and O–H groups in total. The van der Waals surface area contributed by atoms with Crippen molar-refractivity contribution in [2.75, 3.05) is 25.1 Å². The van der Waals surface area contributed by atoms with Crippen LogP contribution in [0.4, 0.5) is 5.82 Å². The second-order valence-electron chi connectivity index (χ2n) is 4.59. The lowest BCUT2D eigenvalue weighted by molar-refractivity contribution is 0.0649. The monoisotopic (exact) mass is 298 g/mol. The van der Waals surface area contributed by atoms with Gasteiger partial charge in [-0.3, -0.25) is 0 Å². The van der Waals surface area contributed by atoms with Crippen molar-refractivity contribution in [3.8, 4) is 0 Å². The maximum Gasteiger partial charge on any atom is 0.128 e. The first-order valence-electron chi connectivity index (χ1n) is 6.19. The Labute approximate surface area is 111 Å². The van der Waals surface area contributed by atoms with Crippen LogP contribution in [0.3, 0.4) is 0 Å². The van der Waals surface area contributed by atoms with Crippen LogP contribution in [-0.2, 0) is 4.74 Å². The Balaban J connectivity index is 1.77. The highest BCUT2D eigenvalue weighted by Crippen LogP contribution is 2.20. The number of pyridine rings is 1. The molecule has 0 aromatic carbocycles. The summed E-state index contributed by atoms with van der Waals surface area (Å²) in [4.78, 5) is 4.38. The first-order valence-corrected chi connectivity index (χ1v) is 6.99. The molecule has 1 aliphatic rings. The van der Waals surface area contributed by atoms with Crippen molar-refractivity contribution in [2.24, 2.45) is 5.92 Å². The zero-order valence-corrected chi connectivity index (χ0v) is 11.8. The van der Waals surface area contributed by atoms with Crippen LogP contribution in [0.15, 0.2) is 16.7 Å². The Bertz CT molecular complexity index is 364. The van der Waals surface area contributed by atoms with E-state index in [1.54, 1.807) is 0 Å². The first kappa shape index (κ1) is 12.8. The Morgan fingerprint density at radius 1 is 1.47 bits per heavy atom. The second kappa shape index (κ2) is 6.36. The lowest BCUT2D eigenvalue weighted by Crippen LogP contribution is -2.18. The number of anilines is 1. The molecule has 0 atom stereocenters. The van der Waals surface area contributed by atoms with Gasteiger partial charge < -0.3 is 10.1 Å². The lowest BCUT2D eigenvalue weighted by atomic mass is 9.97. The summed E-state index contributed by atoms with van der Waals surface area (Å²) in [6, 6.07) is 2.09. The zero-order chi connectivity index (χ0) is 12.1. The van der Waals surface area contributed by atoms with Crippen LogP contribution in [0.25, 0.3) is 0 Å². The minimum absolute atomic E-state index is 0.812. The van der Waals surface area contributed by atoms with Gasteiger partial charge in [-0.15, -0.1) is 0 Å². The molecule has 1 aromatic rings. The van der Waals surface area contributed by atoms with E-state index in [1.165, 1.54) is 24.8 Å². The fourth-order valence-electron chi connectivity index (χ4n) is 2.16. The van der Waals surface area contributed by atoms with Crippen molar-refractivity contribution in [2.45, 2.75) is 26.2 Å². The molecule has 0 bridgehead atoms. The number of ether oxygens (including phenoxy) is 1. The molecule has 1 fully saturated rings. The topological polar surface area (TPSA) is 34.2 Å². The third-order valence-corrected chi connectivity index (χ3v) is 3.66. The molecule has 4 heteroatoms. The third kappa shape index (κ3) is 3.96. The molecular weight excluding hydrogens is 280 g/mol. The summed E-state index contributed by atoms with van der Waals surface area (Å²) in [7, 11) is 0. The van der Waals surface area contributed by atoms with E-state index in [0.717, 1.165) is 36.0 Å². The van der Waals surface area contributed by atoms with Gasteiger partial charge in [0.05, 0.1) is 0 Å². The van der Waals surface area contributed by atoms with Gasteiger partial charge in [-0.25, -0.2) is 4.98 Å². The normalized spacial score (nSPS) is 17.1. The van der Waals surface area contributed by atoms with Crippen molar-refractivity contribution < 1.29 is 4.74 Å². The number of aryl methyl sites for hydroxylation is 1. The van der Waals surface area contributed by atoms with E-state index >= 15 is 0 Å². The molecular formula is C13H19BrN2O. The van der Waals surface area contributed by atoms with E-state index in [2.05, 4.69) is 39.2 Å². The van der Waals surface area contributed by atoms with Crippen LogP contribution in [0.2, 0.25) is 0 Å². The molecule has 0 saturated carbocycles. The minimum atomic E-state index is 0.812. The van der Waals surface area contributed by atoms with E-state index in [4.69, 9.17) is 4.74 Å². The van der Waals surface area contributed by atoms with E-state index in [0.29, 0.717) is 0 Å². The number of hydrogen-bond acceptors (Lipinski definition) is 3. The molecule has 0 amide bonds. The molecule has 1 aromatic heterocycles. The molecule has 3 nitrogen and oxygen atoms in total. The van der Waals surface area contributed by atoms with Gasteiger partial charge in [0.15, 0.2) is 0 Å². The Kier molecular flexibility index (Phi) is 4.80. The molecule has 0 unspecified atom stereocenters. The summed E-state index contributed by atoms with van der Waals surface area (Å²) in [5.74, 6) is 1.81. The third-order valence-electron chi connectivity index (χ3n) is 3.23. The van der Waals surface area contributed by atoms with Crippen molar-refractivity contribution in [1.82, 2.24) is 4.98 Å². The van der Waals surface area contributed by atoms with Crippen LogP contribution < -0.4 is 5.32 Å². The summed E-state index contributed by atoms with van der Waals surface area (Å²) < 4.78 is 6.39. The molecule has 17 heavy (non-hydrogen) atoms. The van der Waals surface area contributed by atoms with Gasteiger partial charge in [-0.05, 0) is 59.7 Å². The van der Waals surface area contributed by atoms with Gasteiger partial charge in [0.1, 0.15) is 5.82 Å². The quantitative estimate of drug-likeness (QED) is 0.925. The van der Waals surface area contributed by atoms with Gasteiger partial charge in [0.2, 0.25) is 0 Å². The lowest BCUT2D eigenvalue weighted by Gasteiger charge is -2.22. The Morgan fingerprint density at radius 3 is 2.94 bits per heavy atom. The summed E-state index contributed by atoms with van der Waals surface area (Å²) in [6.07, 6.45) is 5.45. The van der Waals surface area contributed by atoms with Crippen LogP contribution in [-0.4, -0.2) is 24.7 Å². The van der Waals surface area contributed by atoms with E-state index < -0.39 is 0 Å². The van der Waals surface area contributed by atoms with Crippen molar-refractivity contribution in [3.05, 3.63) is 22.3 Å². The van der Waals surface area contributed by atoms with E-state index in [-0.39, 0.29) is 0 Å². The smallest absolute Gasteiger partial charge is 0.128 e. The van der Waals surface area contributed by atoms with Gasteiger partial charge in [-0.1, -0.05) is 0 Å². The Morgan fingerprint density at radius 2 is 2.24 bits per heavy atom. The number of nitrogens with one attached hydrogen (secondary N) is 1. The maximum atomic E-state index is 5.36. The van der Waals surface area contributed by atoms with Crippen molar-refractivity contribution in [1.29, 1.82) is 0 Å². The van der Waals surface area contributed by atoms with Crippen molar-refractivity contribution in [3.63, 3.8) is 0 Å². The molecule has 0 aliphatic carbocycles. The molecule has 94 valence electrons. The van der Waals surface area contributed by atoms with Crippen LogP contribution in [0, 0.1) is 12.8 Å². The fourth-order valence-corrected chi connectivity index (χ4v) is 2.60. The summed E-state index contributed by atoms with van der Waals surface area (Å²) >= 11 is 3.42. The van der Waals surface area contributed by atoms with Crippen LogP contribution in [0.5, 0.6) is 0 Å². The minimum Gasteiger partial charge on any atom is -0.381 e. The molecule has 0 radical (unpaired) electrons. The van der Waals surface area contributed by atoms with Crippen LogP contribution >= 0.6 is 15.9 Å². The molecule has 1 aliphatic heterocycles. The van der Waals surface area contributed by atoms with Gasteiger partial charge in [0, 0.05) is 30.4 Å². The zero-order valence-electron chi connectivity index (χ0n) is 10.2. The van der Waals surface area contributed by atoms with Gasteiger partial charge in [-0.2, -0.15) is 0 Å². The Hall–Kier alpha value is -0.610. The molecule has 1 saturated heterocycles. The number of aromatic nitrogens is 1. The first-order chi connectivity index (χ1) is 8.25. The number of nitrogens with zero attached hydrogens (tertiary/aromatic N) is 1. The predicted molar refractivity (Wildman–Crippen MR) is 73.3 cm³/mol. The average Bonchev–Trinajstić information content (AvgIpc) is 2.33. The largest absolute Gasteiger partial charge is 0.381 e. The van der Waals surface area contributed by atoms with Gasteiger partial charge in [0.25, 0.3) is 0 Å².